The minimum atomic E-state index is -2.79. The number of nitrogens with one attached hydrogen (secondary N) is 1. The summed E-state index contributed by atoms with van der Waals surface area (Å²) in [6.45, 7) is 0. The van der Waals surface area contributed by atoms with Crippen molar-refractivity contribution in [3.63, 3.8) is 0 Å². The SMILES string of the molecule is N=S(=O)(N1C=CSC1)N1C=CSC1. The molecule has 7 heteroatoms. The van der Waals surface area contributed by atoms with Gasteiger partial charge in [0, 0.05) is 12.4 Å². The summed E-state index contributed by atoms with van der Waals surface area (Å²) in [5.74, 6) is 1.22. The van der Waals surface area contributed by atoms with Crippen LogP contribution in [0, 0.1) is 4.78 Å². The van der Waals surface area contributed by atoms with E-state index in [-0.39, 0.29) is 0 Å². The zero-order valence-electron chi connectivity index (χ0n) is 6.75. The zero-order chi connectivity index (χ0) is 9.31. The van der Waals surface area contributed by atoms with Crippen molar-refractivity contribution in [2.75, 3.05) is 11.8 Å². The van der Waals surface area contributed by atoms with E-state index in [2.05, 4.69) is 0 Å². The van der Waals surface area contributed by atoms with Gasteiger partial charge in [-0.1, -0.05) is 0 Å². The van der Waals surface area contributed by atoms with E-state index in [1.807, 2.05) is 10.8 Å². The van der Waals surface area contributed by atoms with Crippen LogP contribution in [0.2, 0.25) is 0 Å². The van der Waals surface area contributed by atoms with Crippen LogP contribution >= 0.6 is 23.5 Å². The van der Waals surface area contributed by atoms with Gasteiger partial charge in [0.15, 0.2) is 0 Å². The quantitative estimate of drug-likeness (QED) is 0.794. The zero-order valence-corrected chi connectivity index (χ0v) is 9.20. The van der Waals surface area contributed by atoms with Crippen molar-refractivity contribution < 1.29 is 4.21 Å². The summed E-state index contributed by atoms with van der Waals surface area (Å²) in [6.07, 6.45) is 3.44. The molecule has 2 aliphatic rings. The van der Waals surface area contributed by atoms with Crippen molar-refractivity contribution in [3.8, 4) is 0 Å². The van der Waals surface area contributed by atoms with Crippen LogP contribution in [0.5, 0.6) is 0 Å². The first-order valence-electron chi connectivity index (χ1n) is 3.60. The summed E-state index contributed by atoms with van der Waals surface area (Å²) in [4.78, 5) is 0. The Hall–Kier alpha value is -0.270. The third-order valence-corrected chi connectivity index (χ3v) is 5.27. The lowest BCUT2D eigenvalue weighted by atomic mass is 11.0. The van der Waals surface area contributed by atoms with Gasteiger partial charge in [-0.05, 0) is 10.8 Å². The van der Waals surface area contributed by atoms with Gasteiger partial charge < -0.3 is 0 Å². The lowest BCUT2D eigenvalue weighted by molar-refractivity contribution is 0.543. The van der Waals surface area contributed by atoms with Gasteiger partial charge in [0.2, 0.25) is 10.1 Å². The Labute approximate surface area is 86.3 Å². The first-order chi connectivity index (χ1) is 6.21. The highest BCUT2D eigenvalue weighted by molar-refractivity contribution is 8.04. The van der Waals surface area contributed by atoms with Crippen LogP contribution < -0.4 is 0 Å². The predicted molar refractivity (Wildman–Crippen MR) is 57.7 cm³/mol. The van der Waals surface area contributed by atoms with Crippen molar-refractivity contribution >= 4 is 33.6 Å². The van der Waals surface area contributed by atoms with Gasteiger partial charge in [-0.2, -0.15) is 0 Å². The monoisotopic (exact) mass is 235 g/mol. The van der Waals surface area contributed by atoms with E-state index in [9.17, 15) is 4.21 Å². The Morgan fingerprint density at radius 2 is 1.62 bits per heavy atom. The van der Waals surface area contributed by atoms with E-state index < -0.39 is 10.1 Å². The van der Waals surface area contributed by atoms with Gasteiger partial charge >= 0.3 is 0 Å². The molecular formula is C6H9N3OS3. The summed E-state index contributed by atoms with van der Waals surface area (Å²) in [5, 5.41) is 3.72. The first-order valence-corrected chi connectivity index (χ1v) is 7.17. The third kappa shape index (κ3) is 1.68. The van der Waals surface area contributed by atoms with Crippen LogP contribution in [-0.4, -0.2) is 24.6 Å². The summed E-state index contributed by atoms with van der Waals surface area (Å²) >= 11 is 3.11. The maximum absolute atomic E-state index is 12.0. The van der Waals surface area contributed by atoms with Gasteiger partial charge in [-0.15, -0.1) is 23.5 Å². The van der Waals surface area contributed by atoms with E-state index in [0.717, 1.165) is 0 Å². The first kappa shape index (κ1) is 9.29. The molecule has 0 aliphatic carbocycles. The molecule has 0 unspecified atom stereocenters. The molecule has 2 heterocycles. The number of nitrogens with zero attached hydrogens (tertiary/aromatic N) is 2. The number of thioether (sulfide) groups is 2. The van der Waals surface area contributed by atoms with Crippen molar-refractivity contribution in [1.82, 2.24) is 8.61 Å². The average Bonchev–Trinajstić information content (AvgIpc) is 2.78. The summed E-state index contributed by atoms with van der Waals surface area (Å²) < 4.78 is 22.9. The molecule has 0 fully saturated rings. The molecule has 0 aromatic rings. The maximum Gasteiger partial charge on any atom is 0.220 e. The lowest BCUT2D eigenvalue weighted by Gasteiger charge is -2.25. The van der Waals surface area contributed by atoms with E-state index >= 15 is 0 Å². The predicted octanol–water partition coefficient (Wildman–Crippen LogP) is 1.82. The van der Waals surface area contributed by atoms with Gasteiger partial charge in [0.05, 0.1) is 11.8 Å². The van der Waals surface area contributed by atoms with Gasteiger partial charge in [-0.3, -0.25) is 8.61 Å². The maximum atomic E-state index is 12.0. The molecule has 0 spiro atoms. The van der Waals surface area contributed by atoms with Gasteiger partial charge in [0.1, 0.15) is 0 Å². The minimum Gasteiger partial charge on any atom is -0.266 e. The van der Waals surface area contributed by atoms with E-state index in [1.54, 1.807) is 44.5 Å². The third-order valence-electron chi connectivity index (χ3n) is 1.69. The Balaban J connectivity index is 2.19. The average molecular weight is 235 g/mol. The van der Waals surface area contributed by atoms with Gasteiger partial charge in [0.25, 0.3) is 0 Å². The molecule has 13 heavy (non-hydrogen) atoms. The Morgan fingerprint density at radius 3 is 1.92 bits per heavy atom. The van der Waals surface area contributed by atoms with E-state index in [1.165, 1.54) is 0 Å². The van der Waals surface area contributed by atoms with Gasteiger partial charge in [-0.25, -0.2) is 8.99 Å². The van der Waals surface area contributed by atoms with E-state index in [0.29, 0.717) is 11.8 Å². The molecule has 0 saturated heterocycles. The number of hydrogen-bond donors (Lipinski definition) is 1. The standard InChI is InChI=1S/C6H9N3OS3/c7-13(10,8-1-3-11-5-8)9-2-4-12-6-9/h1-4,7H,5-6H2. The molecule has 0 aromatic heterocycles. The summed E-state index contributed by atoms with van der Waals surface area (Å²) in [5.41, 5.74) is 0. The molecule has 0 radical (unpaired) electrons. The molecule has 0 aromatic carbocycles. The Bertz CT molecular complexity index is 320. The van der Waals surface area contributed by atoms with Crippen molar-refractivity contribution in [1.29, 1.82) is 4.78 Å². The molecule has 0 atom stereocenters. The highest BCUT2D eigenvalue weighted by Crippen LogP contribution is 2.26. The smallest absolute Gasteiger partial charge is 0.220 e. The molecule has 2 aliphatic heterocycles. The highest BCUT2D eigenvalue weighted by Gasteiger charge is 2.24. The summed E-state index contributed by atoms with van der Waals surface area (Å²) in [6, 6.07) is 0. The molecule has 0 amide bonds. The number of rotatable bonds is 2. The van der Waals surface area contributed by atoms with Crippen LogP contribution in [0.4, 0.5) is 0 Å². The van der Waals surface area contributed by atoms with Crippen LogP contribution in [0.25, 0.3) is 0 Å². The van der Waals surface area contributed by atoms with E-state index in [4.69, 9.17) is 4.78 Å². The van der Waals surface area contributed by atoms with Crippen molar-refractivity contribution in [2.45, 2.75) is 0 Å². The Kier molecular flexibility index (Phi) is 2.48. The van der Waals surface area contributed by atoms with Crippen LogP contribution in [0.1, 0.15) is 0 Å². The second-order valence-electron chi connectivity index (χ2n) is 2.49. The molecule has 72 valence electrons. The van der Waals surface area contributed by atoms with Crippen LogP contribution in [-0.2, 0) is 10.1 Å². The number of hydrogen-bond acceptors (Lipinski definition) is 4. The largest absolute Gasteiger partial charge is 0.266 e. The molecule has 2 rings (SSSR count). The fraction of sp³-hybridized carbons (Fsp3) is 0.333. The molecular weight excluding hydrogens is 226 g/mol. The second-order valence-corrected chi connectivity index (χ2v) is 6.15. The highest BCUT2D eigenvalue weighted by atomic mass is 32.2. The molecule has 0 saturated carbocycles. The fourth-order valence-corrected chi connectivity index (χ4v) is 4.47. The molecule has 4 nitrogen and oxygen atoms in total. The van der Waals surface area contributed by atoms with Crippen LogP contribution in [0.15, 0.2) is 23.2 Å². The molecule has 1 N–H and O–H groups in total. The Morgan fingerprint density at radius 1 is 1.15 bits per heavy atom. The van der Waals surface area contributed by atoms with Crippen molar-refractivity contribution in [2.24, 2.45) is 0 Å². The second kappa shape index (κ2) is 3.47. The molecule has 0 bridgehead atoms. The lowest BCUT2D eigenvalue weighted by Crippen LogP contribution is -2.34. The fourth-order valence-electron chi connectivity index (χ4n) is 0.983. The summed E-state index contributed by atoms with van der Waals surface area (Å²) in [7, 11) is -2.79. The minimum absolute atomic E-state index is 0.608. The van der Waals surface area contributed by atoms with Crippen LogP contribution in [0.3, 0.4) is 0 Å². The van der Waals surface area contributed by atoms with Crippen molar-refractivity contribution in [3.05, 3.63) is 23.2 Å². The normalized spacial score (nSPS) is 21.8. The topological polar surface area (TPSA) is 47.4 Å².